The predicted molar refractivity (Wildman–Crippen MR) is 63.9 cm³/mol. The summed E-state index contributed by atoms with van der Waals surface area (Å²) in [5.74, 6) is 2.12. The van der Waals surface area contributed by atoms with Crippen LogP contribution in [0, 0.1) is 0 Å². The number of hydrogen-bond donors (Lipinski definition) is 1. The molecule has 0 spiro atoms. The third-order valence-electron chi connectivity index (χ3n) is 3.05. The van der Waals surface area contributed by atoms with E-state index in [4.69, 9.17) is 9.63 Å². The zero-order valence-electron chi connectivity index (χ0n) is 9.80. The molecule has 1 heterocycles. The molecule has 1 saturated carbocycles. The van der Waals surface area contributed by atoms with E-state index in [-0.39, 0.29) is 18.1 Å². The van der Waals surface area contributed by atoms with E-state index in [0.29, 0.717) is 17.6 Å². The molecule has 0 aromatic carbocycles. The number of rotatable bonds is 5. The highest BCUT2D eigenvalue weighted by Crippen LogP contribution is 2.31. The molecule has 5 nitrogen and oxygen atoms in total. The lowest BCUT2D eigenvalue weighted by Crippen LogP contribution is -2.07. The van der Waals surface area contributed by atoms with Gasteiger partial charge in [-0.2, -0.15) is 4.98 Å². The Morgan fingerprint density at radius 2 is 2.12 bits per heavy atom. The van der Waals surface area contributed by atoms with E-state index >= 15 is 0 Å². The van der Waals surface area contributed by atoms with Crippen molar-refractivity contribution in [2.24, 2.45) is 0 Å². The van der Waals surface area contributed by atoms with Gasteiger partial charge in [-0.1, -0.05) is 24.4 Å². The van der Waals surface area contributed by atoms with Crippen LogP contribution in [0.2, 0.25) is 0 Å². The molecule has 1 aromatic heterocycles. The van der Waals surface area contributed by atoms with Crippen LogP contribution in [0.3, 0.4) is 0 Å². The minimum atomic E-state index is -1.10. The molecule has 6 heteroatoms. The van der Waals surface area contributed by atoms with Crippen molar-refractivity contribution in [3.05, 3.63) is 11.7 Å². The number of nitrogens with zero attached hydrogens (tertiary/aromatic N) is 2. The van der Waals surface area contributed by atoms with E-state index < -0.39 is 10.8 Å². The molecule has 0 amide bonds. The number of aliphatic hydroxyl groups excluding tert-OH is 1. The first-order chi connectivity index (χ1) is 8.29. The van der Waals surface area contributed by atoms with E-state index in [0.717, 1.165) is 12.8 Å². The van der Waals surface area contributed by atoms with Crippen molar-refractivity contribution < 1.29 is 13.8 Å². The van der Waals surface area contributed by atoms with Gasteiger partial charge in [0, 0.05) is 22.5 Å². The Kier molecular flexibility index (Phi) is 4.67. The van der Waals surface area contributed by atoms with Gasteiger partial charge in [0.05, 0.1) is 12.4 Å². The van der Waals surface area contributed by atoms with E-state index in [2.05, 4.69) is 10.1 Å². The molecule has 1 aromatic rings. The van der Waals surface area contributed by atoms with E-state index in [1.54, 1.807) is 0 Å². The van der Waals surface area contributed by atoms with Crippen LogP contribution in [-0.2, 0) is 16.6 Å². The summed E-state index contributed by atoms with van der Waals surface area (Å²) in [6, 6.07) is 0. The SMILES string of the molecule is O=[S@](CCO)Cc1noc(C2CCCCC2)n1. The maximum atomic E-state index is 11.4. The first kappa shape index (κ1) is 12.7. The fraction of sp³-hybridized carbons (Fsp3) is 0.818. The molecule has 1 atom stereocenters. The van der Waals surface area contributed by atoms with Crippen molar-refractivity contribution in [2.45, 2.75) is 43.8 Å². The second kappa shape index (κ2) is 6.26. The van der Waals surface area contributed by atoms with Crippen molar-refractivity contribution >= 4 is 10.8 Å². The second-order valence-electron chi connectivity index (χ2n) is 4.40. The van der Waals surface area contributed by atoms with Gasteiger partial charge >= 0.3 is 0 Å². The zero-order chi connectivity index (χ0) is 12.1. The van der Waals surface area contributed by atoms with Gasteiger partial charge in [-0.15, -0.1) is 0 Å². The molecule has 0 unspecified atom stereocenters. The lowest BCUT2D eigenvalue weighted by atomic mass is 9.89. The van der Waals surface area contributed by atoms with E-state index in [9.17, 15) is 4.21 Å². The predicted octanol–water partition coefficient (Wildman–Crippen LogP) is 1.36. The average molecular weight is 258 g/mol. The van der Waals surface area contributed by atoms with Crippen LogP contribution >= 0.6 is 0 Å². The second-order valence-corrected chi connectivity index (χ2v) is 5.97. The van der Waals surface area contributed by atoms with Crippen LogP contribution in [0.5, 0.6) is 0 Å². The molecule has 1 N–H and O–H groups in total. The Morgan fingerprint density at radius 3 is 2.82 bits per heavy atom. The lowest BCUT2D eigenvalue weighted by molar-refractivity contribution is 0.312. The zero-order valence-corrected chi connectivity index (χ0v) is 10.6. The maximum Gasteiger partial charge on any atom is 0.229 e. The normalized spacial score (nSPS) is 19.4. The summed E-state index contributed by atoms with van der Waals surface area (Å²) >= 11 is 0. The standard InChI is InChI=1S/C11H18N2O3S/c14-6-7-17(15)8-10-12-11(16-13-10)9-4-2-1-3-5-9/h9,14H,1-8H2/t17-/m1/s1. The average Bonchev–Trinajstić information content (AvgIpc) is 2.79. The van der Waals surface area contributed by atoms with Gasteiger partial charge in [-0.25, -0.2) is 0 Å². The first-order valence-electron chi connectivity index (χ1n) is 6.08. The Morgan fingerprint density at radius 1 is 1.35 bits per heavy atom. The largest absolute Gasteiger partial charge is 0.395 e. The van der Waals surface area contributed by atoms with E-state index in [1.807, 2.05) is 0 Å². The van der Waals surface area contributed by atoms with Crippen molar-refractivity contribution in [1.29, 1.82) is 0 Å². The Hall–Kier alpha value is -0.750. The van der Waals surface area contributed by atoms with Gasteiger partial charge in [0.1, 0.15) is 0 Å². The summed E-state index contributed by atoms with van der Waals surface area (Å²) in [6.07, 6.45) is 5.96. The van der Waals surface area contributed by atoms with E-state index in [1.165, 1.54) is 19.3 Å². The Bertz CT molecular complexity index is 375. The van der Waals surface area contributed by atoms with Crippen LogP contribution in [0.25, 0.3) is 0 Å². The summed E-state index contributed by atoms with van der Waals surface area (Å²) in [5, 5.41) is 12.5. The van der Waals surface area contributed by atoms with Gasteiger partial charge < -0.3 is 9.63 Å². The van der Waals surface area contributed by atoms with Gasteiger partial charge in [0.2, 0.25) is 5.89 Å². The monoisotopic (exact) mass is 258 g/mol. The van der Waals surface area contributed by atoms with Crippen LogP contribution in [0.15, 0.2) is 4.52 Å². The molecule has 96 valence electrons. The first-order valence-corrected chi connectivity index (χ1v) is 7.56. The summed E-state index contributed by atoms with van der Waals surface area (Å²) in [4.78, 5) is 4.30. The van der Waals surface area contributed by atoms with Crippen molar-refractivity contribution in [3.63, 3.8) is 0 Å². The Labute approximate surface area is 103 Å². The molecule has 2 rings (SSSR count). The molecule has 17 heavy (non-hydrogen) atoms. The molecular formula is C11H18N2O3S. The van der Waals surface area contributed by atoms with Gasteiger partial charge in [0.15, 0.2) is 5.82 Å². The van der Waals surface area contributed by atoms with Crippen LogP contribution in [0.1, 0.15) is 49.7 Å². The highest BCUT2D eigenvalue weighted by Gasteiger charge is 2.21. The fourth-order valence-corrected chi connectivity index (χ4v) is 2.91. The highest BCUT2D eigenvalue weighted by molar-refractivity contribution is 7.84. The quantitative estimate of drug-likeness (QED) is 0.863. The number of hydrogen-bond acceptors (Lipinski definition) is 5. The minimum Gasteiger partial charge on any atom is -0.395 e. The van der Waals surface area contributed by atoms with Crippen molar-refractivity contribution in [1.82, 2.24) is 10.1 Å². The molecular weight excluding hydrogens is 240 g/mol. The molecule has 1 aliphatic carbocycles. The summed E-state index contributed by atoms with van der Waals surface area (Å²) in [7, 11) is -1.10. The van der Waals surface area contributed by atoms with Gasteiger partial charge in [-0.3, -0.25) is 4.21 Å². The van der Waals surface area contributed by atoms with Crippen molar-refractivity contribution in [3.8, 4) is 0 Å². The Balaban J connectivity index is 1.93. The van der Waals surface area contributed by atoms with Crippen LogP contribution in [-0.4, -0.2) is 31.8 Å². The molecule has 1 aliphatic rings. The summed E-state index contributed by atoms with van der Waals surface area (Å²) < 4.78 is 16.7. The van der Waals surface area contributed by atoms with Gasteiger partial charge in [0.25, 0.3) is 0 Å². The minimum absolute atomic E-state index is 0.0695. The third-order valence-corrected chi connectivity index (χ3v) is 4.27. The molecule has 0 saturated heterocycles. The molecule has 0 radical (unpaired) electrons. The van der Waals surface area contributed by atoms with Crippen LogP contribution in [0.4, 0.5) is 0 Å². The lowest BCUT2D eigenvalue weighted by Gasteiger charge is -2.17. The topological polar surface area (TPSA) is 76.2 Å². The number of aliphatic hydroxyl groups is 1. The highest BCUT2D eigenvalue weighted by atomic mass is 32.2. The molecule has 0 bridgehead atoms. The van der Waals surface area contributed by atoms with Crippen LogP contribution < -0.4 is 0 Å². The third kappa shape index (κ3) is 3.61. The molecule has 0 aliphatic heterocycles. The summed E-state index contributed by atoms with van der Waals surface area (Å²) in [6.45, 7) is -0.0695. The smallest absolute Gasteiger partial charge is 0.229 e. The van der Waals surface area contributed by atoms with Gasteiger partial charge in [-0.05, 0) is 12.8 Å². The number of aromatic nitrogens is 2. The maximum absolute atomic E-state index is 11.4. The fourth-order valence-electron chi connectivity index (χ4n) is 2.16. The van der Waals surface area contributed by atoms with Crippen molar-refractivity contribution in [2.75, 3.05) is 12.4 Å². The molecule has 1 fully saturated rings. The summed E-state index contributed by atoms with van der Waals surface area (Å²) in [5.41, 5.74) is 0.